The van der Waals surface area contributed by atoms with Crippen molar-refractivity contribution in [1.82, 2.24) is 0 Å². The molecule has 4 heteroatoms. The lowest BCUT2D eigenvalue weighted by molar-refractivity contribution is -0.141. The standard InChI is InChI=1S/C11H19NO3/c1-11(13)15-10-5-3-2-4-8-14-9-6-7-12/h2-6,8-10H2,1H3. The molecule has 0 atom stereocenters. The molecule has 0 saturated heterocycles. The van der Waals surface area contributed by atoms with Gasteiger partial charge in [-0.1, -0.05) is 6.42 Å². The minimum absolute atomic E-state index is 0.213. The van der Waals surface area contributed by atoms with Crippen LogP contribution in [-0.2, 0) is 14.3 Å². The van der Waals surface area contributed by atoms with Crippen LogP contribution in [0.5, 0.6) is 0 Å². The van der Waals surface area contributed by atoms with Gasteiger partial charge in [0.05, 0.1) is 25.7 Å². The van der Waals surface area contributed by atoms with E-state index in [-0.39, 0.29) is 5.97 Å². The molecule has 15 heavy (non-hydrogen) atoms. The van der Waals surface area contributed by atoms with E-state index >= 15 is 0 Å². The van der Waals surface area contributed by atoms with Gasteiger partial charge in [0.15, 0.2) is 0 Å². The van der Waals surface area contributed by atoms with Crippen molar-refractivity contribution < 1.29 is 14.3 Å². The second-order valence-corrected chi connectivity index (χ2v) is 3.27. The van der Waals surface area contributed by atoms with Gasteiger partial charge in [-0.3, -0.25) is 4.79 Å². The van der Waals surface area contributed by atoms with Crippen LogP contribution in [0.3, 0.4) is 0 Å². The molecule has 0 N–H and O–H groups in total. The Morgan fingerprint density at radius 2 is 1.80 bits per heavy atom. The molecule has 0 aliphatic carbocycles. The summed E-state index contributed by atoms with van der Waals surface area (Å²) >= 11 is 0. The lowest BCUT2D eigenvalue weighted by Gasteiger charge is -2.02. The van der Waals surface area contributed by atoms with E-state index in [4.69, 9.17) is 14.7 Å². The van der Waals surface area contributed by atoms with E-state index in [0.717, 1.165) is 32.3 Å². The SMILES string of the molecule is CC(=O)OCCCCCCOCCC#N. The molecule has 0 radical (unpaired) electrons. The Hall–Kier alpha value is -1.08. The van der Waals surface area contributed by atoms with Crippen LogP contribution >= 0.6 is 0 Å². The van der Waals surface area contributed by atoms with Crippen molar-refractivity contribution >= 4 is 5.97 Å². The molecule has 0 aromatic carbocycles. The molecule has 0 rings (SSSR count). The molecule has 0 saturated carbocycles. The van der Waals surface area contributed by atoms with Gasteiger partial charge in [0.25, 0.3) is 0 Å². The van der Waals surface area contributed by atoms with E-state index in [9.17, 15) is 4.79 Å². The first kappa shape index (κ1) is 13.9. The van der Waals surface area contributed by atoms with E-state index in [1.807, 2.05) is 6.07 Å². The van der Waals surface area contributed by atoms with Crippen LogP contribution in [0.15, 0.2) is 0 Å². The van der Waals surface area contributed by atoms with Gasteiger partial charge in [0.2, 0.25) is 0 Å². The summed E-state index contributed by atoms with van der Waals surface area (Å²) in [5.41, 5.74) is 0. The van der Waals surface area contributed by atoms with Crippen molar-refractivity contribution in [3.63, 3.8) is 0 Å². The molecule has 0 fully saturated rings. The molecule has 0 heterocycles. The summed E-state index contributed by atoms with van der Waals surface area (Å²) < 4.78 is 10.0. The van der Waals surface area contributed by atoms with E-state index in [1.165, 1.54) is 6.92 Å². The van der Waals surface area contributed by atoms with Gasteiger partial charge in [0.1, 0.15) is 0 Å². The van der Waals surface area contributed by atoms with Crippen LogP contribution in [0.2, 0.25) is 0 Å². The molecule has 0 amide bonds. The smallest absolute Gasteiger partial charge is 0.302 e. The maximum absolute atomic E-state index is 10.4. The summed E-state index contributed by atoms with van der Waals surface area (Å²) in [5, 5.41) is 8.24. The molecule has 0 spiro atoms. The fourth-order valence-corrected chi connectivity index (χ4v) is 1.10. The van der Waals surface area contributed by atoms with Crippen LogP contribution in [0.1, 0.15) is 39.0 Å². The molecule has 4 nitrogen and oxygen atoms in total. The molecule has 0 aromatic heterocycles. The third-order valence-corrected chi connectivity index (χ3v) is 1.85. The average Bonchev–Trinajstić information content (AvgIpc) is 2.20. The first-order valence-corrected chi connectivity index (χ1v) is 5.35. The Balaban J connectivity index is 2.93. The second-order valence-electron chi connectivity index (χ2n) is 3.27. The van der Waals surface area contributed by atoms with E-state index < -0.39 is 0 Å². The number of hydrogen-bond donors (Lipinski definition) is 0. The fraction of sp³-hybridized carbons (Fsp3) is 0.818. The Bertz CT molecular complexity index is 198. The number of nitriles is 1. The number of nitrogens with zero attached hydrogens (tertiary/aromatic N) is 1. The third-order valence-electron chi connectivity index (χ3n) is 1.85. The summed E-state index contributed by atoms with van der Waals surface area (Å²) in [4.78, 5) is 10.4. The van der Waals surface area contributed by atoms with Gasteiger partial charge >= 0.3 is 5.97 Å². The van der Waals surface area contributed by atoms with Gasteiger partial charge < -0.3 is 9.47 Å². The maximum atomic E-state index is 10.4. The molecule has 0 unspecified atom stereocenters. The van der Waals surface area contributed by atoms with Gasteiger partial charge in [0, 0.05) is 13.5 Å². The number of hydrogen-bond acceptors (Lipinski definition) is 4. The van der Waals surface area contributed by atoms with Gasteiger partial charge in [-0.05, 0) is 19.3 Å². The van der Waals surface area contributed by atoms with Crippen molar-refractivity contribution in [2.24, 2.45) is 0 Å². The molecule has 0 bridgehead atoms. The number of unbranched alkanes of at least 4 members (excludes halogenated alkanes) is 3. The summed E-state index contributed by atoms with van der Waals surface area (Å²) in [6, 6.07) is 2.02. The highest BCUT2D eigenvalue weighted by Crippen LogP contribution is 2.00. The summed E-state index contributed by atoms with van der Waals surface area (Å²) in [5.74, 6) is -0.213. The van der Waals surface area contributed by atoms with E-state index in [1.54, 1.807) is 0 Å². The van der Waals surface area contributed by atoms with E-state index in [2.05, 4.69) is 0 Å². The highest BCUT2D eigenvalue weighted by atomic mass is 16.5. The van der Waals surface area contributed by atoms with Crippen LogP contribution in [0.4, 0.5) is 0 Å². The largest absolute Gasteiger partial charge is 0.466 e. The Kier molecular flexibility index (Phi) is 10.2. The highest BCUT2D eigenvalue weighted by molar-refractivity contribution is 5.65. The number of rotatable bonds is 9. The van der Waals surface area contributed by atoms with Crippen LogP contribution in [-0.4, -0.2) is 25.8 Å². The van der Waals surface area contributed by atoms with Gasteiger partial charge in [-0.2, -0.15) is 5.26 Å². The predicted molar refractivity (Wildman–Crippen MR) is 56.2 cm³/mol. The Morgan fingerprint density at radius 3 is 2.40 bits per heavy atom. The van der Waals surface area contributed by atoms with Crippen molar-refractivity contribution in [2.45, 2.75) is 39.0 Å². The first-order valence-electron chi connectivity index (χ1n) is 5.35. The molecular formula is C11H19NO3. The fourth-order valence-electron chi connectivity index (χ4n) is 1.10. The first-order chi connectivity index (χ1) is 7.27. The van der Waals surface area contributed by atoms with Crippen molar-refractivity contribution in [1.29, 1.82) is 5.26 Å². The summed E-state index contributed by atoms with van der Waals surface area (Å²) in [6.45, 7) is 3.19. The highest BCUT2D eigenvalue weighted by Gasteiger charge is 1.94. The number of carbonyl (C=O) groups excluding carboxylic acids is 1. The second kappa shape index (κ2) is 11.0. The lowest BCUT2D eigenvalue weighted by atomic mass is 10.2. The Morgan fingerprint density at radius 1 is 1.13 bits per heavy atom. The number of ether oxygens (including phenoxy) is 2. The normalized spacial score (nSPS) is 9.60. The molecule has 0 aliphatic heterocycles. The molecule has 86 valence electrons. The van der Waals surface area contributed by atoms with Crippen molar-refractivity contribution in [3.8, 4) is 6.07 Å². The molecule has 0 aliphatic rings. The molecule has 0 aromatic rings. The lowest BCUT2D eigenvalue weighted by Crippen LogP contribution is -2.00. The van der Waals surface area contributed by atoms with Crippen LogP contribution in [0.25, 0.3) is 0 Å². The zero-order valence-corrected chi connectivity index (χ0v) is 9.33. The minimum Gasteiger partial charge on any atom is -0.466 e. The van der Waals surface area contributed by atoms with Crippen molar-refractivity contribution in [2.75, 3.05) is 19.8 Å². The molecular weight excluding hydrogens is 194 g/mol. The quantitative estimate of drug-likeness (QED) is 0.434. The maximum Gasteiger partial charge on any atom is 0.302 e. The Labute approximate surface area is 91.2 Å². The van der Waals surface area contributed by atoms with Crippen LogP contribution < -0.4 is 0 Å². The zero-order valence-electron chi connectivity index (χ0n) is 9.33. The van der Waals surface area contributed by atoms with E-state index in [0.29, 0.717) is 19.6 Å². The number of esters is 1. The topological polar surface area (TPSA) is 59.3 Å². The van der Waals surface area contributed by atoms with Gasteiger partial charge in [-0.25, -0.2) is 0 Å². The van der Waals surface area contributed by atoms with Gasteiger partial charge in [-0.15, -0.1) is 0 Å². The van der Waals surface area contributed by atoms with Crippen LogP contribution in [0, 0.1) is 11.3 Å². The summed E-state index contributed by atoms with van der Waals surface area (Å²) in [6.07, 6.45) is 4.51. The minimum atomic E-state index is -0.213. The number of carbonyl (C=O) groups is 1. The van der Waals surface area contributed by atoms with Crippen molar-refractivity contribution in [3.05, 3.63) is 0 Å². The average molecular weight is 213 g/mol. The zero-order chi connectivity index (χ0) is 11.4. The third kappa shape index (κ3) is 12.9. The predicted octanol–water partition coefficient (Wildman–Crippen LogP) is 2.04. The monoisotopic (exact) mass is 213 g/mol. The summed E-state index contributed by atoms with van der Waals surface area (Å²) in [7, 11) is 0.